The number of rotatable bonds is 2. The van der Waals surface area contributed by atoms with Crippen LogP contribution in [0.15, 0.2) is 22.9 Å². The van der Waals surface area contributed by atoms with Gasteiger partial charge in [-0.2, -0.15) is 13.2 Å². The van der Waals surface area contributed by atoms with E-state index in [1.54, 1.807) is 18.3 Å². The van der Waals surface area contributed by atoms with E-state index >= 15 is 0 Å². The maximum Gasteiger partial charge on any atom is 0.393 e. The molecule has 0 amide bonds. The van der Waals surface area contributed by atoms with Crippen LogP contribution in [0.5, 0.6) is 0 Å². The van der Waals surface area contributed by atoms with Crippen molar-refractivity contribution < 1.29 is 13.2 Å². The third kappa shape index (κ3) is 3.16. The van der Waals surface area contributed by atoms with E-state index in [4.69, 9.17) is 0 Å². The average Bonchev–Trinajstić information content (AvgIpc) is 2.31. The Morgan fingerprint density at radius 3 is 2.67 bits per heavy atom. The van der Waals surface area contributed by atoms with Crippen LogP contribution in [-0.4, -0.2) is 17.2 Å². The summed E-state index contributed by atoms with van der Waals surface area (Å²) in [6.45, 7) is 0. The summed E-state index contributed by atoms with van der Waals surface area (Å²) in [5.41, 5.74) is 0.624. The molecule has 1 fully saturated rings. The lowest BCUT2D eigenvalue weighted by Crippen LogP contribution is -2.41. The van der Waals surface area contributed by atoms with Gasteiger partial charge in [-0.1, -0.05) is 12.8 Å². The fourth-order valence-electron chi connectivity index (χ4n) is 2.39. The SMILES string of the molecule is FC(F)(F)C1CCCCC1Nc1cccnc1Br. The van der Waals surface area contributed by atoms with E-state index in [-0.39, 0.29) is 6.42 Å². The van der Waals surface area contributed by atoms with Crippen molar-refractivity contribution in [3.05, 3.63) is 22.9 Å². The topological polar surface area (TPSA) is 24.9 Å². The Balaban J connectivity index is 2.13. The smallest absolute Gasteiger partial charge is 0.380 e. The molecule has 100 valence electrons. The fourth-order valence-corrected chi connectivity index (χ4v) is 2.75. The molecule has 0 bridgehead atoms. The van der Waals surface area contributed by atoms with Crippen molar-refractivity contribution in [3.8, 4) is 0 Å². The number of nitrogens with zero attached hydrogens (tertiary/aromatic N) is 1. The number of hydrogen-bond acceptors (Lipinski definition) is 2. The summed E-state index contributed by atoms with van der Waals surface area (Å²) in [5, 5.41) is 2.98. The summed E-state index contributed by atoms with van der Waals surface area (Å²) in [5.74, 6) is -1.27. The van der Waals surface area contributed by atoms with Crippen molar-refractivity contribution >= 4 is 21.6 Å². The van der Waals surface area contributed by atoms with Crippen molar-refractivity contribution in [3.63, 3.8) is 0 Å². The summed E-state index contributed by atoms with van der Waals surface area (Å²) in [7, 11) is 0. The number of alkyl halides is 3. The molecule has 0 aromatic carbocycles. The molecule has 1 saturated carbocycles. The Hall–Kier alpha value is -0.780. The largest absolute Gasteiger partial charge is 0.393 e. The highest BCUT2D eigenvalue weighted by Gasteiger charge is 2.45. The molecule has 1 aliphatic rings. The first-order valence-electron chi connectivity index (χ1n) is 5.92. The second kappa shape index (κ2) is 5.47. The van der Waals surface area contributed by atoms with E-state index in [0.29, 0.717) is 23.1 Å². The highest BCUT2D eigenvalue weighted by Crippen LogP contribution is 2.39. The van der Waals surface area contributed by atoms with Crippen LogP contribution in [0.4, 0.5) is 18.9 Å². The van der Waals surface area contributed by atoms with Gasteiger partial charge in [-0.25, -0.2) is 4.98 Å². The molecule has 0 spiro atoms. The third-order valence-electron chi connectivity index (χ3n) is 3.29. The molecule has 0 radical (unpaired) electrons. The fraction of sp³-hybridized carbons (Fsp3) is 0.583. The summed E-state index contributed by atoms with van der Waals surface area (Å²) < 4.78 is 39.3. The van der Waals surface area contributed by atoms with E-state index < -0.39 is 18.1 Å². The number of halogens is 4. The molecule has 2 atom stereocenters. The minimum atomic E-state index is -4.13. The van der Waals surface area contributed by atoms with Crippen molar-refractivity contribution in [1.82, 2.24) is 4.98 Å². The molecule has 6 heteroatoms. The second-order valence-corrected chi connectivity index (χ2v) is 5.28. The Bertz CT molecular complexity index is 409. The minimum Gasteiger partial charge on any atom is -0.380 e. The molecule has 1 aromatic heterocycles. The molecule has 2 rings (SSSR count). The van der Waals surface area contributed by atoms with Gasteiger partial charge in [0.05, 0.1) is 11.6 Å². The zero-order valence-electron chi connectivity index (χ0n) is 9.67. The van der Waals surface area contributed by atoms with Gasteiger partial charge in [-0.15, -0.1) is 0 Å². The van der Waals surface area contributed by atoms with Crippen LogP contribution >= 0.6 is 15.9 Å². The zero-order valence-corrected chi connectivity index (χ0v) is 11.3. The van der Waals surface area contributed by atoms with Gasteiger partial charge in [0, 0.05) is 12.2 Å². The van der Waals surface area contributed by atoms with Gasteiger partial charge in [-0.05, 0) is 40.9 Å². The monoisotopic (exact) mass is 322 g/mol. The van der Waals surface area contributed by atoms with Crippen molar-refractivity contribution in [2.45, 2.75) is 37.9 Å². The van der Waals surface area contributed by atoms with Gasteiger partial charge in [0.15, 0.2) is 0 Å². The Kier molecular flexibility index (Phi) is 4.14. The van der Waals surface area contributed by atoms with E-state index in [1.165, 1.54) is 0 Å². The molecule has 1 N–H and O–H groups in total. The molecule has 0 saturated heterocycles. The Morgan fingerprint density at radius 2 is 2.00 bits per heavy atom. The number of anilines is 1. The van der Waals surface area contributed by atoms with Crippen LogP contribution in [0, 0.1) is 5.92 Å². The van der Waals surface area contributed by atoms with E-state index in [9.17, 15) is 13.2 Å². The first-order chi connectivity index (χ1) is 8.48. The number of pyridine rings is 1. The number of aromatic nitrogens is 1. The van der Waals surface area contributed by atoms with Crippen LogP contribution in [0.1, 0.15) is 25.7 Å². The second-order valence-electron chi connectivity index (χ2n) is 4.53. The van der Waals surface area contributed by atoms with Gasteiger partial charge in [0.1, 0.15) is 4.60 Å². The van der Waals surface area contributed by atoms with Gasteiger partial charge < -0.3 is 5.32 Å². The molecule has 1 aliphatic carbocycles. The van der Waals surface area contributed by atoms with Crippen molar-refractivity contribution in [2.24, 2.45) is 5.92 Å². The van der Waals surface area contributed by atoms with Crippen LogP contribution in [0.3, 0.4) is 0 Å². The van der Waals surface area contributed by atoms with Crippen LogP contribution in [0.2, 0.25) is 0 Å². The van der Waals surface area contributed by atoms with E-state index in [0.717, 1.165) is 6.42 Å². The highest BCUT2D eigenvalue weighted by molar-refractivity contribution is 9.10. The zero-order chi connectivity index (χ0) is 13.2. The standard InChI is InChI=1S/C12H14BrF3N2/c13-11-10(6-3-7-17-11)18-9-5-2-1-4-8(9)12(14,15)16/h3,6-9,18H,1-2,4-5H2. The molecule has 2 nitrogen and oxygen atoms in total. The summed E-state index contributed by atoms with van der Waals surface area (Å²) >= 11 is 3.24. The molecular formula is C12H14BrF3N2. The maximum atomic E-state index is 12.9. The quantitative estimate of drug-likeness (QED) is 0.817. The first kappa shape index (κ1) is 13.6. The summed E-state index contributed by atoms with van der Waals surface area (Å²) in [6, 6.07) is 2.89. The summed E-state index contributed by atoms with van der Waals surface area (Å²) in [6.07, 6.45) is -0.298. The maximum absolute atomic E-state index is 12.9. The molecule has 2 unspecified atom stereocenters. The molecule has 1 aromatic rings. The molecule has 18 heavy (non-hydrogen) atoms. The van der Waals surface area contributed by atoms with Crippen LogP contribution in [0.25, 0.3) is 0 Å². The average molecular weight is 323 g/mol. The lowest BCUT2D eigenvalue weighted by Gasteiger charge is -2.34. The first-order valence-corrected chi connectivity index (χ1v) is 6.71. The Morgan fingerprint density at radius 1 is 1.28 bits per heavy atom. The normalized spacial score (nSPS) is 24.9. The molecular weight excluding hydrogens is 309 g/mol. The minimum absolute atomic E-state index is 0.207. The van der Waals surface area contributed by atoms with E-state index in [1.807, 2.05) is 0 Å². The van der Waals surface area contributed by atoms with Crippen LogP contribution < -0.4 is 5.32 Å². The van der Waals surface area contributed by atoms with Gasteiger partial charge >= 0.3 is 6.18 Å². The van der Waals surface area contributed by atoms with Crippen molar-refractivity contribution in [1.29, 1.82) is 0 Å². The highest BCUT2D eigenvalue weighted by atomic mass is 79.9. The predicted molar refractivity (Wildman–Crippen MR) is 67.4 cm³/mol. The lowest BCUT2D eigenvalue weighted by molar-refractivity contribution is -0.184. The number of nitrogens with one attached hydrogen (secondary N) is 1. The lowest BCUT2D eigenvalue weighted by atomic mass is 9.84. The van der Waals surface area contributed by atoms with Crippen LogP contribution in [-0.2, 0) is 0 Å². The summed E-state index contributed by atoms with van der Waals surface area (Å²) in [4.78, 5) is 4.00. The van der Waals surface area contributed by atoms with Gasteiger partial charge in [-0.3, -0.25) is 0 Å². The van der Waals surface area contributed by atoms with Crippen molar-refractivity contribution in [2.75, 3.05) is 5.32 Å². The number of hydrogen-bond donors (Lipinski definition) is 1. The Labute approximate surface area is 112 Å². The van der Waals surface area contributed by atoms with Gasteiger partial charge in [0.25, 0.3) is 0 Å². The van der Waals surface area contributed by atoms with E-state index in [2.05, 4.69) is 26.2 Å². The molecule has 0 aliphatic heterocycles. The van der Waals surface area contributed by atoms with Gasteiger partial charge in [0.2, 0.25) is 0 Å². The predicted octanol–water partition coefficient (Wildman–Crippen LogP) is 4.38. The third-order valence-corrected chi connectivity index (χ3v) is 3.92. The molecule has 1 heterocycles.